The zero-order valence-corrected chi connectivity index (χ0v) is 9.61. The number of hydrogen-bond donors (Lipinski definition) is 0. The first-order valence-electron chi connectivity index (χ1n) is 5.93. The van der Waals surface area contributed by atoms with Gasteiger partial charge in [0.25, 0.3) is 0 Å². The highest BCUT2D eigenvalue weighted by Gasteiger charge is 2.48. The van der Waals surface area contributed by atoms with Gasteiger partial charge in [0, 0.05) is 30.0 Å². The van der Waals surface area contributed by atoms with E-state index in [0.717, 1.165) is 31.1 Å². The van der Waals surface area contributed by atoms with E-state index in [9.17, 15) is 0 Å². The largest absolute Gasteiger partial charge is 0.493 e. The van der Waals surface area contributed by atoms with E-state index in [1.807, 2.05) is 19.1 Å². The summed E-state index contributed by atoms with van der Waals surface area (Å²) in [5.74, 6) is 0.941. The molecule has 4 rings (SSSR count). The van der Waals surface area contributed by atoms with Crippen molar-refractivity contribution in [2.24, 2.45) is 5.41 Å². The van der Waals surface area contributed by atoms with Crippen molar-refractivity contribution in [2.75, 3.05) is 13.2 Å². The van der Waals surface area contributed by atoms with E-state index in [4.69, 9.17) is 9.47 Å². The third kappa shape index (κ3) is 1.80. The molecule has 0 aromatic carbocycles. The van der Waals surface area contributed by atoms with Gasteiger partial charge in [-0.15, -0.1) is 0 Å². The van der Waals surface area contributed by atoms with Crippen molar-refractivity contribution in [3.63, 3.8) is 0 Å². The Morgan fingerprint density at radius 3 is 3.12 bits per heavy atom. The standard InChI is InChI=1S/C13H17NO2/c1-10-6-11(2-4-14-10)16-9-13-3-5-15-12(7-13)8-13/h2,4,6,12H,3,5,7-9H2,1H3. The molecule has 1 aliphatic carbocycles. The first kappa shape index (κ1) is 10.1. The normalized spacial score (nSPS) is 31.9. The third-order valence-electron chi connectivity index (χ3n) is 3.72. The minimum absolute atomic E-state index is 0.403. The Hall–Kier alpha value is -1.09. The molecule has 3 heterocycles. The molecule has 1 saturated carbocycles. The van der Waals surface area contributed by atoms with Gasteiger partial charge < -0.3 is 9.47 Å². The summed E-state index contributed by atoms with van der Waals surface area (Å²) >= 11 is 0. The van der Waals surface area contributed by atoms with Crippen LogP contribution >= 0.6 is 0 Å². The molecule has 2 bridgehead atoms. The van der Waals surface area contributed by atoms with Crippen molar-refractivity contribution in [1.29, 1.82) is 0 Å². The maximum absolute atomic E-state index is 5.87. The zero-order chi connectivity index (χ0) is 11.0. The monoisotopic (exact) mass is 219 g/mol. The Kier molecular flexibility index (Phi) is 2.36. The molecule has 16 heavy (non-hydrogen) atoms. The summed E-state index contributed by atoms with van der Waals surface area (Å²) in [6.45, 7) is 3.72. The van der Waals surface area contributed by atoms with Crippen LogP contribution < -0.4 is 4.74 Å². The second kappa shape index (κ2) is 3.74. The maximum Gasteiger partial charge on any atom is 0.122 e. The molecule has 86 valence electrons. The van der Waals surface area contributed by atoms with Crippen LogP contribution in [0, 0.1) is 12.3 Å². The molecule has 3 nitrogen and oxygen atoms in total. The molecular formula is C13H17NO2. The lowest BCUT2D eigenvalue weighted by Gasteiger charge is -2.51. The summed E-state index contributed by atoms with van der Waals surface area (Å²) in [4.78, 5) is 4.16. The summed E-state index contributed by atoms with van der Waals surface area (Å²) in [5, 5.41) is 0. The lowest BCUT2D eigenvalue weighted by atomic mass is 9.63. The van der Waals surface area contributed by atoms with Crippen molar-refractivity contribution in [3.05, 3.63) is 24.0 Å². The molecule has 0 N–H and O–H groups in total. The summed E-state index contributed by atoms with van der Waals surface area (Å²) in [6.07, 6.45) is 5.81. The number of fused-ring (bicyclic) bond motifs is 2. The van der Waals surface area contributed by atoms with E-state index in [1.54, 1.807) is 6.20 Å². The number of nitrogens with zero attached hydrogens (tertiary/aromatic N) is 1. The van der Waals surface area contributed by atoms with Crippen LogP contribution in [0.25, 0.3) is 0 Å². The van der Waals surface area contributed by atoms with Gasteiger partial charge in [-0.25, -0.2) is 0 Å². The zero-order valence-electron chi connectivity index (χ0n) is 9.61. The van der Waals surface area contributed by atoms with Gasteiger partial charge in [0.05, 0.1) is 12.7 Å². The molecule has 2 aliphatic heterocycles. The molecule has 3 heteroatoms. The Morgan fingerprint density at radius 2 is 2.44 bits per heavy atom. The van der Waals surface area contributed by atoms with Gasteiger partial charge in [0.15, 0.2) is 0 Å². The van der Waals surface area contributed by atoms with Crippen LogP contribution in [0.2, 0.25) is 0 Å². The predicted molar refractivity (Wildman–Crippen MR) is 60.5 cm³/mol. The van der Waals surface area contributed by atoms with Crippen LogP contribution in [0.5, 0.6) is 5.75 Å². The SMILES string of the molecule is Cc1cc(OCC23CCOC(C2)C3)ccn1. The lowest BCUT2D eigenvalue weighted by Crippen LogP contribution is -2.51. The fraction of sp³-hybridized carbons (Fsp3) is 0.615. The van der Waals surface area contributed by atoms with Gasteiger partial charge in [0.2, 0.25) is 0 Å². The number of pyridine rings is 1. The number of aromatic nitrogens is 1. The molecular weight excluding hydrogens is 202 g/mol. The highest BCUT2D eigenvalue weighted by atomic mass is 16.5. The van der Waals surface area contributed by atoms with Crippen molar-refractivity contribution in [3.8, 4) is 5.75 Å². The fourth-order valence-electron chi connectivity index (χ4n) is 2.71. The van der Waals surface area contributed by atoms with E-state index in [1.165, 1.54) is 12.8 Å². The Morgan fingerprint density at radius 1 is 1.56 bits per heavy atom. The maximum atomic E-state index is 5.87. The predicted octanol–water partition coefficient (Wildman–Crippen LogP) is 2.34. The number of rotatable bonds is 3. The van der Waals surface area contributed by atoms with Crippen LogP contribution in [0.15, 0.2) is 18.3 Å². The number of aryl methyl sites for hydroxylation is 1. The summed E-state index contributed by atoms with van der Waals surface area (Å²) in [7, 11) is 0. The van der Waals surface area contributed by atoms with Gasteiger partial charge in [-0.05, 0) is 32.3 Å². The van der Waals surface area contributed by atoms with Crippen LogP contribution in [-0.2, 0) is 4.74 Å². The third-order valence-corrected chi connectivity index (χ3v) is 3.72. The van der Waals surface area contributed by atoms with E-state index in [2.05, 4.69) is 4.98 Å². The molecule has 0 spiro atoms. The first-order valence-corrected chi connectivity index (χ1v) is 5.93. The van der Waals surface area contributed by atoms with Gasteiger partial charge in [-0.2, -0.15) is 0 Å². The smallest absolute Gasteiger partial charge is 0.122 e. The summed E-state index contributed by atoms with van der Waals surface area (Å²) in [6, 6.07) is 3.92. The van der Waals surface area contributed by atoms with Crippen molar-refractivity contribution in [2.45, 2.75) is 32.3 Å². The highest BCUT2D eigenvalue weighted by molar-refractivity contribution is 5.22. The summed E-state index contributed by atoms with van der Waals surface area (Å²) in [5.41, 5.74) is 1.41. The molecule has 0 unspecified atom stereocenters. The van der Waals surface area contributed by atoms with Crippen LogP contribution in [0.1, 0.15) is 25.0 Å². The Labute approximate surface area is 95.8 Å². The van der Waals surface area contributed by atoms with Crippen molar-refractivity contribution < 1.29 is 9.47 Å². The number of ether oxygens (including phenoxy) is 2. The van der Waals surface area contributed by atoms with Gasteiger partial charge in [-0.3, -0.25) is 4.98 Å². The van der Waals surface area contributed by atoms with Crippen LogP contribution in [0.4, 0.5) is 0 Å². The van der Waals surface area contributed by atoms with E-state index in [-0.39, 0.29) is 0 Å². The average molecular weight is 219 g/mol. The van der Waals surface area contributed by atoms with E-state index in [0.29, 0.717) is 11.5 Å². The minimum atomic E-state index is 0.403. The van der Waals surface area contributed by atoms with Gasteiger partial charge in [0.1, 0.15) is 5.75 Å². The molecule has 0 amide bonds. The first-order chi connectivity index (χ1) is 7.76. The Balaban J connectivity index is 1.60. The second-order valence-corrected chi connectivity index (χ2v) is 5.07. The molecule has 2 saturated heterocycles. The van der Waals surface area contributed by atoms with Crippen LogP contribution in [-0.4, -0.2) is 24.3 Å². The van der Waals surface area contributed by atoms with Crippen molar-refractivity contribution in [1.82, 2.24) is 4.98 Å². The molecule has 0 radical (unpaired) electrons. The quantitative estimate of drug-likeness (QED) is 0.782. The van der Waals surface area contributed by atoms with Crippen molar-refractivity contribution >= 4 is 0 Å². The molecule has 3 fully saturated rings. The molecule has 3 aliphatic rings. The average Bonchev–Trinajstić information content (AvgIpc) is 2.26. The van der Waals surface area contributed by atoms with Gasteiger partial charge in [-0.1, -0.05) is 0 Å². The van der Waals surface area contributed by atoms with Crippen LogP contribution in [0.3, 0.4) is 0 Å². The van der Waals surface area contributed by atoms with Gasteiger partial charge >= 0.3 is 0 Å². The fourth-order valence-corrected chi connectivity index (χ4v) is 2.71. The topological polar surface area (TPSA) is 31.4 Å². The second-order valence-electron chi connectivity index (χ2n) is 5.07. The van der Waals surface area contributed by atoms with E-state index >= 15 is 0 Å². The molecule has 1 aromatic heterocycles. The lowest BCUT2D eigenvalue weighted by molar-refractivity contribution is -0.160. The minimum Gasteiger partial charge on any atom is -0.493 e. The highest BCUT2D eigenvalue weighted by Crippen LogP contribution is 2.49. The number of hydrogen-bond acceptors (Lipinski definition) is 3. The Bertz CT molecular complexity index is 380. The molecule has 0 atom stereocenters. The van der Waals surface area contributed by atoms with E-state index < -0.39 is 0 Å². The summed E-state index contributed by atoms with van der Waals surface area (Å²) < 4.78 is 11.4. The molecule has 1 aromatic rings.